The molecule has 0 radical (unpaired) electrons. The topological polar surface area (TPSA) is 128 Å². The molecule has 0 bridgehead atoms. The summed E-state index contributed by atoms with van der Waals surface area (Å²) in [5.41, 5.74) is 1.27. The molecule has 3 fully saturated rings. The van der Waals surface area contributed by atoms with Crippen LogP contribution in [0.3, 0.4) is 0 Å². The highest BCUT2D eigenvalue weighted by atomic mass is 16.2. The lowest BCUT2D eigenvalue weighted by molar-refractivity contribution is -0.141. The number of hydrogen-bond donors (Lipinski definition) is 3. The average Bonchev–Trinajstić information content (AvgIpc) is 3.62. The van der Waals surface area contributed by atoms with Crippen LogP contribution >= 0.6 is 0 Å². The standard InChI is InChI=1S/C30H38N4O5/c1-17(2)31-29(38)27(36)23(15-19-9-4-6-13-25(19)35)33-28(37)26-21-11-7-10-20(21)16-34(26)30(39)24-14-18-8-3-5-12-22(18)32-24/h3,5,8,12,14,17,19-21,23,26,32H,4,6-7,9-11,13,15-16H2,1-2H3,(H,31,38)(H,33,37). The highest BCUT2D eigenvalue weighted by molar-refractivity contribution is 6.38. The summed E-state index contributed by atoms with van der Waals surface area (Å²) in [7, 11) is 0. The molecule has 1 aliphatic heterocycles. The molecule has 2 aromatic rings. The van der Waals surface area contributed by atoms with Crippen LogP contribution in [0.5, 0.6) is 0 Å². The third-order valence-corrected chi connectivity index (χ3v) is 8.66. The Hall–Kier alpha value is -3.49. The number of aromatic amines is 1. The molecule has 3 N–H and O–H groups in total. The summed E-state index contributed by atoms with van der Waals surface area (Å²) in [6, 6.07) is 7.34. The maximum atomic E-state index is 13.9. The predicted molar refractivity (Wildman–Crippen MR) is 146 cm³/mol. The number of likely N-dealkylation sites (tertiary alicyclic amines) is 1. The zero-order valence-electron chi connectivity index (χ0n) is 22.7. The molecule has 2 saturated carbocycles. The summed E-state index contributed by atoms with van der Waals surface area (Å²) in [6.45, 7) is 4.00. The molecule has 1 saturated heterocycles. The number of benzene rings is 1. The summed E-state index contributed by atoms with van der Waals surface area (Å²) in [4.78, 5) is 70.9. The maximum absolute atomic E-state index is 13.9. The fourth-order valence-corrected chi connectivity index (χ4v) is 6.76. The van der Waals surface area contributed by atoms with Gasteiger partial charge in [-0.1, -0.05) is 31.0 Å². The minimum absolute atomic E-state index is 0.00474. The molecule has 1 aromatic carbocycles. The van der Waals surface area contributed by atoms with Crippen molar-refractivity contribution in [2.24, 2.45) is 17.8 Å². The number of carbonyl (C=O) groups excluding carboxylic acids is 5. The van der Waals surface area contributed by atoms with Crippen LogP contribution in [0.25, 0.3) is 10.9 Å². The Morgan fingerprint density at radius 3 is 2.56 bits per heavy atom. The van der Waals surface area contributed by atoms with Crippen molar-refractivity contribution in [3.05, 3.63) is 36.0 Å². The molecule has 0 spiro atoms. The van der Waals surface area contributed by atoms with Crippen LogP contribution in [-0.2, 0) is 19.2 Å². The Labute approximate surface area is 228 Å². The maximum Gasteiger partial charge on any atom is 0.289 e. The van der Waals surface area contributed by atoms with E-state index in [2.05, 4.69) is 15.6 Å². The largest absolute Gasteiger partial charge is 0.351 e. The minimum Gasteiger partial charge on any atom is -0.351 e. The second-order valence-electron chi connectivity index (χ2n) is 11.7. The fraction of sp³-hybridized carbons (Fsp3) is 0.567. The second-order valence-corrected chi connectivity index (χ2v) is 11.7. The Balaban J connectivity index is 1.39. The number of hydrogen-bond acceptors (Lipinski definition) is 5. The number of para-hydroxylation sites is 1. The van der Waals surface area contributed by atoms with Gasteiger partial charge in [-0.3, -0.25) is 24.0 Å². The van der Waals surface area contributed by atoms with Gasteiger partial charge in [0.1, 0.15) is 17.5 Å². The first-order chi connectivity index (χ1) is 18.7. The van der Waals surface area contributed by atoms with Gasteiger partial charge in [0, 0.05) is 35.8 Å². The van der Waals surface area contributed by atoms with Crippen LogP contribution in [0.15, 0.2) is 30.3 Å². The normalized spacial score (nSPS) is 25.5. The van der Waals surface area contributed by atoms with Gasteiger partial charge < -0.3 is 20.5 Å². The minimum atomic E-state index is -1.12. The van der Waals surface area contributed by atoms with Gasteiger partial charge in [0.25, 0.3) is 11.8 Å². The van der Waals surface area contributed by atoms with Crippen LogP contribution in [0.4, 0.5) is 0 Å². The average molecular weight is 535 g/mol. The monoisotopic (exact) mass is 534 g/mol. The Morgan fingerprint density at radius 1 is 1.03 bits per heavy atom. The lowest BCUT2D eigenvalue weighted by atomic mass is 9.82. The molecule has 9 heteroatoms. The molecule has 39 heavy (non-hydrogen) atoms. The molecule has 3 amide bonds. The number of nitrogens with zero attached hydrogens (tertiary/aromatic N) is 1. The lowest BCUT2D eigenvalue weighted by Crippen LogP contribution is -2.55. The Bertz CT molecular complexity index is 1250. The third kappa shape index (κ3) is 5.63. The van der Waals surface area contributed by atoms with Gasteiger partial charge in [-0.2, -0.15) is 0 Å². The zero-order valence-corrected chi connectivity index (χ0v) is 22.7. The van der Waals surface area contributed by atoms with Crippen molar-refractivity contribution in [3.63, 3.8) is 0 Å². The highest BCUT2D eigenvalue weighted by Gasteiger charge is 2.50. The van der Waals surface area contributed by atoms with Crippen LogP contribution in [0.2, 0.25) is 0 Å². The fourth-order valence-electron chi connectivity index (χ4n) is 6.76. The first-order valence-corrected chi connectivity index (χ1v) is 14.3. The van der Waals surface area contributed by atoms with Crippen molar-refractivity contribution in [3.8, 4) is 0 Å². The van der Waals surface area contributed by atoms with Crippen LogP contribution < -0.4 is 10.6 Å². The van der Waals surface area contributed by atoms with Gasteiger partial charge in [0.15, 0.2) is 0 Å². The molecule has 5 unspecified atom stereocenters. The Kier molecular flexibility index (Phi) is 7.86. The van der Waals surface area contributed by atoms with Crippen LogP contribution in [-0.4, -0.2) is 63.8 Å². The number of amides is 3. The molecule has 208 valence electrons. The van der Waals surface area contributed by atoms with Crippen molar-refractivity contribution >= 4 is 40.2 Å². The molecule has 2 aliphatic carbocycles. The summed E-state index contributed by atoms with van der Waals surface area (Å²) < 4.78 is 0. The van der Waals surface area contributed by atoms with E-state index in [0.717, 1.165) is 43.0 Å². The number of carbonyl (C=O) groups is 5. The van der Waals surface area contributed by atoms with E-state index in [1.165, 1.54) is 0 Å². The molecule has 2 heterocycles. The van der Waals surface area contributed by atoms with Gasteiger partial charge >= 0.3 is 0 Å². The van der Waals surface area contributed by atoms with E-state index >= 15 is 0 Å². The summed E-state index contributed by atoms with van der Waals surface area (Å²) >= 11 is 0. The number of H-pyrrole nitrogens is 1. The Morgan fingerprint density at radius 2 is 1.82 bits per heavy atom. The van der Waals surface area contributed by atoms with E-state index in [0.29, 0.717) is 25.1 Å². The molecular formula is C30H38N4O5. The number of Topliss-reactive ketones (excluding diaryl/α,β-unsaturated/α-hetero) is 2. The van der Waals surface area contributed by atoms with E-state index in [-0.39, 0.29) is 41.9 Å². The molecule has 9 nitrogen and oxygen atoms in total. The molecule has 5 rings (SSSR count). The van der Waals surface area contributed by atoms with Crippen molar-refractivity contribution in [2.45, 2.75) is 83.3 Å². The van der Waals surface area contributed by atoms with E-state index in [9.17, 15) is 24.0 Å². The number of aromatic nitrogens is 1. The summed E-state index contributed by atoms with van der Waals surface area (Å²) in [5, 5.41) is 6.39. The molecule has 3 aliphatic rings. The third-order valence-electron chi connectivity index (χ3n) is 8.66. The van der Waals surface area contributed by atoms with E-state index in [1.807, 2.05) is 24.3 Å². The van der Waals surface area contributed by atoms with E-state index < -0.39 is 29.7 Å². The molecule has 1 aromatic heterocycles. The van der Waals surface area contributed by atoms with Gasteiger partial charge in [0.2, 0.25) is 11.7 Å². The zero-order chi connectivity index (χ0) is 27.7. The van der Waals surface area contributed by atoms with Crippen LogP contribution in [0.1, 0.15) is 75.7 Å². The quantitative estimate of drug-likeness (QED) is 0.448. The summed E-state index contributed by atoms with van der Waals surface area (Å²) in [5.74, 6) is -2.27. The van der Waals surface area contributed by atoms with Crippen molar-refractivity contribution in [1.82, 2.24) is 20.5 Å². The van der Waals surface area contributed by atoms with Crippen molar-refractivity contribution in [2.75, 3.05) is 6.54 Å². The van der Waals surface area contributed by atoms with Crippen molar-refractivity contribution in [1.29, 1.82) is 0 Å². The second kappa shape index (κ2) is 11.3. The van der Waals surface area contributed by atoms with Gasteiger partial charge in [-0.05, 0) is 69.9 Å². The molecular weight excluding hydrogens is 496 g/mol. The van der Waals surface area contributed by atoms with Crippen LogP contribution in [0, 0.1) is 17.8 Å². The number of rotatable bonds is 8. The number of nitrogens with one attached hydrogen (secondary N) is 3. The smallest absolute Gasteiger partial charge is 0.289 e. The predicted octanol–water partition coefficient (Wildman–Crippen LogP) is 3.14. The van der Waals surface area contributed by atoms with Gasteiger partial charge in [0.05, 0.1) is 6.04 Å². The van der Waals surface area contributed by atoms with Gasteiger partial charge in [-0.15, -0.1) is 0 Å². The first kappa shape index (κ1) is 27.1. The SMILES string of the molecule is CC(C)NC(=O)C(=O)C(CC1CCCCC1=O)NC(=O)C1C2CCCC2CN1C(=O)c1cc2ccccc2[nH]1. The van der Waals surface area contributed by atoms with Crippen molar-refractivity contribution < 1.29 is 24.0 Å². The van der Waals surface area contributed by atoms with Gasteiger partial charge in [-0.25, -0.2) is 0 Å². The highest BCUT2D eigenvalue weighted by Crippen LogP contribution is 2.43. The lowest BCUT2D eigenvalue weighted by Gasteiger charge is -2.30. The number of fused-ring (bicyclic) bond motifs is 2. The van der Waals surface area contributed by atoms with E-state index in [4.69, 9.17) is 0 Å². The summed E-state index contributed by atoms with van der Waals surface area (Å²) in [6.07, 6.45) is 5.66. The molecule has 5 atom stereocenters. The van der Waals surface area contributed by atoms with E-state index in [1.54, 1.807) is 24.8 Å². The first-order valence-electron chi connectivity index (χ1n) is 14.3. The number of ketones is 2.